The maximum atomic E-state index is 15.1. The highest BCUT2D eigenvalue weighted by atomic mass is 19.1. The van der Waals surface area contributed by atoms with Gasteiger partial charge in [0.2, 0.25) is 17.4 Å². The summed E-state index contributed by atoms with van der Waals surface area (Å²) in [5.41, 5.74) is -1.79. The zero-order valence-corrected chi connectivity index (χ0v) is 24.5. The first-order valence-electron chi connectivity index (χ1n) is 14.6. The first-order valence-corrected chi connectivity index (χ1v) is 14.6. The van der Waals surface area contributed by atoms with Crippen LogP contribution in [-0.2, 0) is 19.1 Å². The predicted octanol–water partition coefficient (Wildman–Crippen LogP) is 3.11. The number of fused-ring (bicyclic) bond motifs is 6. The van der Waals surface area contributed by atoms with Crippen LogP contribution in [-0.4, -0.2) is 83.7 Å². The van der Waals surface area contributed by atoms with Crippen molar-refractivity contribution >= 4 is 29.5 Å². The molecule has 4 fully saturated rings. The number of alkyl halides is 1. The Balaban J connectivity index is 1.32. The Morgan fingerprint density at radius 3 is 2.62 bits per heavy atom. The molecule has 9 atom stereocenters. The van der Waals surface area contributed by atoms with E-state index in [0.29, 0.717) is 25.1 Å². The van der Waals surface area contributed by atoms with E-state index in [4.69, 9.17) is 9.47 Å². The maximum Gasteiger partial charge on any atom is 0.407 e. The van der Waals surface area contributed by atoms with Gasteiger partial charge < -0.3 is 29.9 Å². The fourth-order valence-electron chi connectivity index (χ4n) is 8.20. The van der Waals surface area contributed by atoms with Crippen LogP contribution < -0.4 is 15.4 Å². The van der Waals surface area contributed by atoms with E-state index in [1.54, 1.807) is 11.8 Å². The molecule has 2 aliphatic carbocycles. The van der Waals surface area contributed by atoms with Crippen LogP contribution >= 0.6 is 0 Å². The molecular formula is C30H38F2N4O6. The van der Waals surface area contributed by atoms with Gasteiger partial charge in [-0.1, -0.05) is 20.8 Å². The number of alkyl carbamates (subject to hydrolysis) is 1. The molecule has 4 amide bonds. The molecule has 2 saturated heterocycles. The van der Waals surface area contributed by atoms with Crippen LogP contribution in [0, 0.1) is 34.9 Å². The molecular weight excluding hydrogens is 550 g/mol. The molecule has 228 valence electrons. The molecule has 3 aliphatic heterocycles. The average molecular weight is 589 g/mol. The molecule has 1 aromatic carbocycles. The lowest BCUT2D eigenvalue weighted by molar-refractivity contribution is -0.149. The number of hydrogen-bond acceptors (Lipinski definition) is 6. The molecule has 0 unspecified atom stereocenters. The molecule has 6 rings (SSSR count). The summed E-state index contributed by atoms with van der Waals surface area (Å²) in [5, 5.41) is 5.43. The second-order valence-corrected chi connectivity index (χ2v) is 13.7. The Hall–Kier alpha value is -3.44. The van der Waals surface area contributed by atoms with Gasteiger partial charge in [0.25, 0.3) is 5.91 Å². The summed E-state index contributed by atoms with van der Waals surface area (Å²) in [6.45, 7) is 7.44. The SMILES string of the molecule is COC(=O)N[C@H](C(=O)N1C[C@@H]2[C@H]3C[C@@H]([C@@H]2[C@H]1C(=O)N1C[C@@]2(C[C@H]1C)Oc1cc(F)ccc1NC2=O)[C@H](F)C3)C(C)(C)C. The number of ether oxygens (including phenoxy) is 2. The predicted molar refractivity (Wildman–Crippen MR) is 147 cm³/mol. The smallest absolute Gasteiger partial charge is 0.407 e. The van der Waals surface area contributed by atoms with E-state index >= 15 is 4.39 Å². The number of nitrogens with one attached hydrogen (secondary N) is 2. The van der Waals surface area contributed by atoms with Crippen LogP contribution in [0.2, 0.25) is 0 Å². The van der Waals surface area contributed by atoms with Crippen molar-refractivity contribution in [3.05, 3.63) is 24.0 Å². The molecule has 0 radical (unpaired) electrons. The van der Waals surface area contributed by atoms with Crippen LogP contribution in [0.4, 0.5) is 19.3 Å². The Bertz CT molecular complexity index is 1340. The van der Waals surface area contributed by atoms with E-state index in [2.05, 4.69) is 10.6 Å². The summed E-state index contributed by atoms with van der Waals surface area (Å²) in [6.07, 6.45) is -0.540. The number of amides is 4. The van der Waals surface area contributed by atoms with E-state index in [-0.39, 0.29) is 48.3 Å². The Morgan fingerprint density at radius 2 is 1.93 bits per heavy atom. The molecule has 5 aliphatic rings. The largest absolute Gasteiger partial charge is 0.473 e. The minimum absolute atomic E-state index is 0.0328. The van der Waals surface area contributed by atoms with Gasteiger partial charge in [-0.05, 0) is 61.0 Å². The standard InChI is InChI=1S/C30H38F2N4O6/c1-14-11-30(27(39)33-20-7-6-16(31)10-21(20)42-30)13-36(14)25(37)23-22-17-8-15(9-19(17)32)18(22)12-35(23)26(38)24(29(2,3)4)34-28(40)41-5/h6-7,10,14-15,17-19,22-24H,8-9,11-13H2,1-5H3,(H,33,39)(H,34,40)/t14-,15+,17-,18-,19-,22+,23+,24-,30-/m1/s1. The fourth-order valence-corrected chi connectivity index (χ4v) is 8.20. The number of anilines is 1. The normalized spacial score (nSPS) is 35.4. The summed E-state index contributed by atoms with van der Waals surface area (Å²) in [5.74, 6) is -2.22. The second-order valence-electron chi connectivity index (χ2n) is 13.7. The second kappa shape index (κ2) is 9.80. The lowest BCUT2D eigenvalue weighted by atomic mass is 9.77. The summed E-state index contributed by atoms with van der Waals surface area (Å²) in [4.78, 5) is 57.3. The van der Waals surface area contributed by atoms with Crippen molar-refractivity contribution in [1.82, 2.24) is 15.1 Å². The third-order valence-corrected chi connectivity index (χ3v) is 10.1. The highest BCUT2D eigenvalue weighted by molar-refractivity contribution is 6.02. The zero-order valence-electron chi connectivity index (χ0n) is 24.5. The van der Waals surface area contributed by atoms with E-state index in [1.165, 1.54) is 30.2 Å². The minimum atomic E-state index is -1.43. The molecule has 2 bridgehead atoms. The van der Waals surface area contributed by atoms with E-state index in [0.717, 1.165) is 0 Å². The summed E-state index contributed by atoms with van der Waals surface area (Å²) >= 11 is 0. The topological polar surface area (TPSA) is 117 Å². The quantitative estimate of drug-likeness (QED) is 0.561. The number of nitrogens with zero attached hydrogens (tertiary/aromatic N) is 2. The van der Waals surface area contributed by atoms with Crippen molar-refractivity contribution in [1.29, 1.82) is 0 Å². The van der Waals surface area contributed by atoms with Crippen molar-refractivity contribution in [3.63, 3.8) is 0 Å². The maximum absolute atomic E-state index is 15.1. The van der Waals surface area contributed by atoms with Gasteiger partial charge >= 0.3 is 6.09 Å². The molecule has 2 N–H and O–H groups in total. The van der Waals surface area contributed by atoms with Gasteiger partial charge in [-0.2, -0.15) is 0 Å². The molecule has 42 heavy (non-hydrogen) atoms. The van der Waals surface area contributed by atoms with Gasteiger partial charge in [0.05, 0.1) is 19.3 Å². The summed E-state index contributed by atoms with van der Waals surface area (Å²) < 4.78 is 40.0. The molecule has 0 aromatic heterocycles. The zero-order chi connectivity index (χ0) is 30.3. The lowest BCUT2D eigenvalue weighted by Crippen LogP contribution is -2.60. The third-order valence-electron chi connectivity index (χ3n) is 10.1. The van der Waals surface area contributed by atoms with E-state index in [9.17, 15) is 23.6 Å². The van der Waals surface area contributed by atoms with Crippen molar-refractivity contribution in [2.24, 2.45) is 29.1 Å². The average Bonchev–Trinajstić information content (AvgIpc) is 3.66. The highest BCUT2D eigenvalue weighted by Crippen LogP contribution is 2.59. The number of methoxy groups -OCH3 is 1. The van der Waals surface area contributed by atoms with Crippen molar-refractivity contribution in [3.8, 4) is 5.75 Å². The molecule has 2 saturated carbocycles. The van der Waals surface area contributed by atoms with Gasteiger partial charge in [-0.15, -0.1) is 0 Å². The lowest BCUT2D eigenvalue weighted by Gasteiger charge is -2.39. The number of likely N-dealkylation sites (tertiary alicyclic amines) is 2. The Morgan fingerprint density at radius 1 is 1.19 bits per heavy atom. The highest BCUT2D eigenvalue weighted by Gasteiger charge is 2.65. The van der Waals surface area contributed by atoms with Crippen molar-refractivity contribution in [2.75, 3.05) is 25.5 Å². The van der Waals surface area contributed by atoms with Crippen LogP contribution in [0.1, 0.15) is 47.0 Å². The number of carbonyl (C=O) groups is 4. The van der Waals surface area contributed by atoms with Crippen LogP contribution in [0.5, 0.6) is 5.75 Å². The third kappa shape index (κ3) is 4.40. The van der Waals surface area contributed by atoms with E-state index in [1.807, 2.05) is 20.8 Å². The van der Waals surface area contributed by atoms with Crippen molar-refractivity contribution in [2.45, 2.75) is 76.9 Å². The van der Waals surface area contributed by atoms with Crippen LogP contribution in [0.25, 0.3) is 0 Å². The minimum Gasteiger partial charge on any atom is -0.473 e. The van der Waals surface area contributed by atoms with Gasteiger partial charge in [0.15, 0.2) is 0 Å². The van der Waals surface area contributed by atoms with Gasteiger partial charge in [0, 0.05) is 25.1 Å². The molecule has 10 nitrogen and oxygen atoms in total. The fraction of sp³-hybridized carbons (Fsp3) is 0.667. The van der Waals surface area contributed by atoms with Gasteiger partial charge in [-0.25, -0.2) is 13.6 Å². The van der Waals surface area contributed by atoms with Crippen LogP contribution in [0.3, 0.4) is 0 Å². The Labute approximate surface area is 243 Å². The number of halogens is 2. The number of benzene rings is 1. The van der Waals surface area contributed by atoms with Gasteiger partial charge in [0.1, 0.15) is 29.8 Å². The van der Waals surface area contributed by atoms with Crippen LogP contribution in [0.15, 0.2) is 18.2 Å². The first kappa shape index (κ1) is 28.7. The number of carbonyl (C=O) groups excluding carboxylic acids is 4. The molecule has 1 aromatic rings. The van der Waals surface area contributed by atoms with E-state index < -0.39 is 59.0 Å². The Kier molecular flexibility index (Phi) is 6.69. The van der Waals surface area contributed by atoms with Gasteiger partial charge in [-0.3, -0.25) is 14.4 Å². The monoisotopic (exact) mass is 588 g/mol. The molecule has 3 heterocycles. The summed E-state index contributed by atoms with van der Waals surface area (Å²) in [7, 11) is 1.21. The van der Waals surface area contributed by atoms with Crippen molar-refractivity contribution < 1.29 is 37.4 Å². The number of rotatable bonds is 3. The molecule has 12 heteroatoms. The first-order chi connectivity index (χ1) is 19.7. The summed E-state index contributed by atoms with van der Waals surface area (Å²) in [6, 6.07) is 1.47. The number of hydrogen-bond donors (Lipinski definition) is 2. The molecule has 1 spiro atoms.